The van der Waals surface area contributed by atoms with Crippen molar-refractivity contribution in [2.75, 3.05) is 39.3 Å². The number of amides is 1. The van der Waals surface area contributed by atoms with Crippen LogP contribution in [0, 0.1) is 5.92 Å². The number of piperidine rings is 1. The first-order valence-electron chi connectivity index (χ1n) is 8.81. The lowest BCUT2D eigenvalue weighted by Gasteiger charge is -2.38. The number of piperazine rings is 1. The molecule has 1 N–H and O–H groups in total. The van der Waals surface area contributed by atoms with Crippen LogP contribution in [-0.4, -0.2) is 66.8 Å². The summed E-state index contributed by atoms with van der Waals surface area (Å²) in [4.78, 5) is 16.5. The van der Waals surface area contributed by atoms with Gasteiger partial charge in [-0.25, -0.2) is 4.79 Å². The van der Waals surface area contributed by atoms with Crippen molar-refractivity contribution < 1.29 is 9.53 Å². The standard InChI is InChI=1S/C17H33N3O2/c1-5-15-13-19(11-8-18-15)12-14-6-9-20(10-7-14)16(21)22-17(2,3)4/h14-15,18H,5-13H2,1-4H3. The van der Waals surface area contributed by atoms with Gasteiger partial charge in [0.05, 0.1) is 0 Å². The van der Waals surface area contributed by atoms with Crippen molar-refractivity contribution in [1.82, 2.24) is 15.1 Å². The van der Waals surface area contributed by atoms with E-state index in [2.05, 4.69) is 17.1 Å². The number of nitrogens with zero attached hydrogens (tertiary/aromatic N) is 2. The third-order valence-electron chi connectivity index (χ3n) is 4.62. The molecule has 2 fully saturated rings. The Kier molecular flexibility index (Phi) is 6.09. The van der Waals surface area contributed by atoms with Gasteiger partial charge in [0.1, 0.15) is 5.60 Å². The molecule has 0 aromatic heterocycles. The zero-order valence-corrected chi connectivity index (χ0v) is 14.7. The number of carbonyl (C=O) groups is 1. The summed E-state index contributed by atoms with van der Waals surface area (Å²) in [7, 11) is 0. The maximum atomic E-state index is 12.1. The zero-order valence-electron chi connectivity index (χ0n) is 14.7. The minimum Gasteiger partial charge on any atom is -0.444 e. The maximum absolute atomic E-state index is 12.1. The molecule has 0 saturated carbocycles. The van der Waals surface area contributed by atoms with E-state index >= 15 is 0 Å². The van der Waals surface area contributed by atoms with Crippen molar-refractivity contribution in [3.8, 4) is 0 Å². The molecule has 1 unspecified atom stereocenters. The highest BCUT2D eigenvalue weighted by atomic mass is 16.6. The van der Waals surface area contributed by atoms with Gasteiger partial charge in [-0.3, -0.25) is 0 Å². The molecule has 0 aromatic rings. The lowest BCUT2D eigenvalue weighted by molar-refractivity contribution is 0.0165. The molecule has 2 rings (SSSR count). The quantitative estimate of drug-likeness (QED) is 0.869. The van der Waals surface area contributed by atoms with Crippen molar-refractivity contribution in [2.45, 2.75) is 58.6 Å². The van der Waals surface area contributed by atoms with E-state index < -0.39 is 5.60 Å². The van der Waals surface area contributed by atoms with Crippen molar-refractivity contribution in [3.63, 3.8) is 0 Å². The normalized spacial score (nSPS) is 25.3. The monoisotopic (exact) mass is 311 g/mol. The topological polar surface area (TPSA) is 44.8 Å². The first-order valence-corrected chi connectivity index (χ1v) is 8.81. The number of carbonyl (C=O) groups excluding carboxylic acids is 1. The van der Waals surface area contributed by atoms with Gasteiger partial charge in [-0.05, 0) is 46.0 Å². The third-order valence-corrected chi connectivity index (χ3v) is 4.62. The van der Waals surface area contributed by atoms with Crippen LogP contribution < -0.4 is 5.32 Å². The van der Waals surface area contributed by atoms with Crippen LogP contribution in [0.25, 0.3) is 0 Å². The number of hydrogen-bond acceptors (Lipinski definition) is 4. The van der Waals surface area contributed by atoms with Gasteiger partial charge >= 0.3 is 6.09 Å². The van der Waals surface area contributed by atoms with Crippen LogP contribution in [0.15, 0.2) is 0 Å². The van der Waals surface area contributed by atoms with E-state index in [1.54, 1.807) is 0 Å². The lowest BCUT2D eigenvalue weighted by Crippen LogP contribution is -2.52. The van der Waals surface area contributed by atoms with Crippen molar-refractivity contribution in [1.29, 1.82) is 0 Å². The fourth-order valence-electron chi connectivity index (χ4n) is 3.32. The molecule has 2 heterocycles. The predicted octanol–water partition coefficient (Wildman–Crippen LogP) is 2.32. The fraction of sp³-hybridized carbons (Fsp3) is 0.941. The average molecular weight is 311 g/mol. The summed E-state index contributed by atoms with van der Waals surface area (Å²) in [5.74, 6) is 0.717. The summed E-state index contributed by atoms with van der Waals surface area (Å²) in [6.07, 6.45) is 3.24. The Labute approximate surface area is 135 Å². The van der Waals surface area contributed by atoms with Crippen molar-refractivity contribution >= 4 is 6.09 Å². The van der Waals surface area contributed by atoms with Gasteiger partial charge < -0.3 is 19.9 Å². The summed E-state index contributed by atoms with van der Waals surface area (Å²) in [6.45, 7) is 14.3. The number of hydrogen-bond donors (Lipinski definition) is 1. The Balaban J connectivity index is 1.72. The van der Waals surface area contributed by atoms with E-state index in [1.807, 2.05) is 25.7 Å². The van der Waals surface area contributed by atoms with Gasteiger partial charge in [0.15, 0.2) is 0 Å². The van der Waals surface area contributed by atoms with Crippen LogP contribution >= 0.6 is 0 Å². The summed E-state index contributed by atoms with van der Waals surface area (Å²) in [5.41, 5.74) is -0.399. The first-order chi connectivity index (χ1) is 10.4. The smallest absolute Gasteiger partial charge is 0.410 e. The van der Waals surface area contributed by atoms with Crippen molar-refractivity contribution in [2.24, 2.45) is 5.92 Å². The fourth-order valence-corrected chi connectivity index (χ4v) is 3.32. The minimum absolute atomic E-state index is 0.154. The Morgan fingerprint density at radius 3 is 2.50 bits per heavy atom. The molecule has 5 nitrogen and oxygen atoms in total. The van der Waals surface area contributed by atoms with Gasteiger partial charge in [-0.1, -0.05) is 6.92 Å². The van der Waals surface area contributed by atoms with Gasteiger partial charge in [0, 0.05) is 45.3 Å². The molecule has 1 amide bonds. The Morgan fingerprint density at radius 2 is 1.91 bits per heavy atom. The van der Waals surface area contributed by atoms with E-state index in [9.17, 15) is 4.79 Å². The molecular weight excluding hydrogens is 278 g/mol. The third kappa shape index (κ3) is 5.43. The molecule has 2 aliphatic rings. The average Bonchev–Trinajstić information content (AvgIpc) is 2.46. The van der Waals surface area contributed by atoms with Crippen LogP contribution in [0.5, 0.6) is 0 Å². The van der Waals surface area contributed by atoms with Crippen LogP contribution in [0.2, 0.25) is 0 Å². The molecular formula is C17H33N3O2. The molecule has 1 atom stereocenters. The van der Waals surface area contributed by atoms with Gasteiger partial charge in [0.25, 0.3) is 0 Å². The summed E-state index contributed by atoms with van der Waals surface area (Å²) >= 11 is 0. The van der Waals surface area contributed by atoms with E-state index in [0.29, 0.717) is 12.0 Å². The highest BCUT2D eigenvalue weighted by Gasteiger charge is 2.28. The summed E-state index contributed by atoms with van der Waals surface area (Å²) < 4.78 is 5.46. The predicted molar refractivity (Wildman–Crippen MR) is 89.1 cm³/mol. The van der Waals surface area contributed by atoms with Crippen LogP contribution in [-0.2, 0) is 4.74 Å². The molecule has 0 spiro atoms. The maximum Gasteiger partial charge on any atom is 0.410 e. The molecule has 128 valence electrons. The van der Waals surface area contributed by atoms with E-state index in [-0.39, 0.29) is 6.09 Å². The summed E-state index contributed by atoms with van der Waals surface area (Å²) in [6, 6.07) is 0.649. The lowest BCUT2D eigenvalue weighted by atomic mass is 9.96. The largest absolute Gasteiger partial charge is 0.444 e. The number of rotatable bonds is 3. The molecule has 5 heteroatoms. The minimum atomic E-state index is -0.399. The van der Waals surface area contributed by atoms with Crippen LogP contribution in [0.4, 0.5) is 4.79 Å². The Morgan fingerprint density at radius 1 is 1.23 bits per heavy atom. The van der Waals surface area contributed by atoms with Gasteiger partial charge in [-0.15, -0.1) is 0 Å². The molecule has 0 radical (unpaired) electrons. The second kappa shape index (κ2) is 7.64. The number of ether oxygens (including phenoxy) is 1. The molecule has 2 saturated heterocycles. The van der Waals surface area contributed by atoms with E-state index in [1.165, 1.54) is 19.5 Å². The highest BCUT2D eigenvalue weighted by molar-refractivity contribution is 5.68. The molecule has 22 heavy (non-hydrogen) atoms. The van der Waals surface area contributed by atoms with Gasteiger partial charge in [0.2, 0.25) is 0 Å². The van der Waals surface area contributed by atoms with Crippen LogP contribution in [0.1, 0.15) is 47.0 Å². The Bertz CT molecular complexity index is 359. The zero-order chi connectivity index (χ0) is 16.2. The second-order valence-electron chi connectivity index (χ2n) is 7.73. The highest BCUT2D eigenvalue weighted by Crippen LogP contribution is 2.21. The van der Waals surface area contributed by atoms with Crippen molar-refractivity contribution in [3.05, 3.63) is 0 Å². The number of nitrogens with one attached hydrogen (secondary N) is 1. The first kappa shape index (κ1) is 17.5. The molecule has 0 aromatic carbocycles. The molecule has 0 bridgehead atoms. The SMILES string of the molecule is CCC1CN(CC2CCN(C(=O)OC(C)(C)C)CC2)CCN1. The van der Waals surface area contributed by atoms with Crippen LogP contribution in [0.3, 0.4) is 0 Å². The molecule has 0 aliphatic carbocycles. The Hall–Kier alpha value is -0.810. The van der Waals surface area contributed by atoms with E-state index in [4.69, 9.17) is 4.74 Å². The summed E-state index contributed by atoms with van der Waals surface area (Å²) in [5, 5.41) is 3.57. The van der Waals surface area contributed by atoms with E-state index in [0.717, 1.165) is 39.0 Å². The second-order valence-corrected chi connectivity index (χ2v) is 7.73. The number of likely N-dealkylation sites (tertiary alicyclic amines) is 1. The molecule has 2 aliphatic heterocycles. The van der Waals surface area contributed by atoms with Gasteiger partial charge in [-0.2, -0.15) is 0 Å².